The van der Waals surface area contributed by atoms with Crippen LogP contribution >= 0.6 is 11.3 Å². The van der Waals surface area contributed by atoms with Crippen LogP contribution in [0.5, 0.6) is 0 Å². The molecule has 0 aliphatic rings. The van der Waals surface area contributed by atoms with E-state index < -0.39 is 0 Å². The lowest BCUT2D eigenvalue weighted by atomic mass is 10.1. The van der Waals surface area contributed by atoms with E-state index in [2.05, 4.69) is 10.3 Å². The van der Waals surface area contributed by atoms with Crippen molar-refractivity contribution in [2.75, 3.05) is 0 Å². The first-order chi connectivity index (χ1) is 8.49. The fourth-order valence-corrected chi connectivity index (χ4v) is 2.57. The molecule has 1 amide bonds. The molecule has 0 aliphatic heterocycles. The quantitative estimate of drug-likeness (QED) is 0.927. The van der Waals surface area contributed by atoms with Crippen LogP contribution in [0.1, 0.15) is 38.1 Å². The first-order valence-corrected chi connectivity index (χ1v) is 6.62. The molecule has 2 aromatic rings. The summed E-state index contributed by atoms with van der Waals surface area (Å²) in [6.45, 7) is 7.97. The predicted molar refractivity (Wildman–Crippen MR) is 70.9 cm³/mol. The van der Waals surface area contributed by atoms with Gasteiger partial charge in [0.05, 0.1) is 12.1 Å². The molecule has 5 heteroatoms. The molecule has 1 N–H and O–H groups in total. The van der Waals surface area contributed by atoms with Crippen molar-refractivity contribution < 1.29 is 9.21 Å². The Balaban J connectivity index is 2.08. The highest BCUT2D eigenvalue weighted by molar-refractivity contribution is 7.09. The number of hydrogen-bond acceptors (Lipinski definition) is 4. The van der Waals surface area contributed by atoms with Crippen molar-refractivity contribution in [3.8, 4) is 0 Å². The third-order valence-corrected chi connectivity index (χ3v) is 3.82. The van der Waals surface area contributed by atoms with Gasteiger partial charge in [0, 0.05) is 16.6 Å². The molecule has 0 bridgehead atoms. The highest BCUT2D eigenvalue weighted by atomic mass is 32.1. The predicted octanol–water partition coefficient (Wildman–Crippen LogP) is 2.90. The van der Waals surface area contributed by atoms with Gasteiger partial charge in [-0.15, -0.1) is 11.3 Å². The fourth-order valence-electron chi connectivity index (χ4n) is 1.86. The van der Waals surface area contributed by atoms with Crippen LogP contribution in [-0.4, -0.2) is 10.9 Å². The lowest BCUT2D eigenvalue weighted by molar-refractivity contribution is 0.0949. The molecule has 0 aromatic carbocycles. The van der Waals surface area contributed by atoms with Crippen LogP contribution in [-0.2, 0) is 6.54 Å². The summed E-state index contributed by atoms with van der Waals surface area (Å²) in [7, 11) is 0. The summed E-state index contributed by atoms with van der Waals surface area (Å²) >= 11 is 1.55. The van der Waals surface area contributed by atoms with Gasteiger partial charge in [-0.1, -0.05) is 0 Å². The van der Waals surface area contributed by atoms with Crippen molar-refractivity contribution in [2.45, 2.75) is 34.2 Å². The molecule has 2 aromatic heterocycles. The number of carbonyl (C=O) groups is 1. The molecule has 4 nitrogen and oxygen atoms in total. The Morgan fingerprint density at radius 1 is 1.33 bits per heavy atom. The molecule has 0 saturated heterocycles. The minimum atomic E-state index is -0.102. The third-order valence-electron chi connectivity index (χ3n) is 2.86. The van der Waals surface area contributed by atoms with Gasteiger partial charge in [0.1, 0.15) is 16.5 Å². The minimum Gasteiger partial charge on any atom is -0.466 e. The number of thiazole rings is 1. The summed E-state index contributed by atoms with van der Waals surface area (Å²) in [4.78, 5) is 16.4. The smallest absolute Gasteiger partial charge is 0.255 e. The number of nitrogens with zero attached hydrogens (tertiary/aromatic N) is 1. The van der Waals surface area contributed by atoms with Gasteiger partial charge >= 0.3 is 0 Å². The monoisotopic (exact) mass is 264 g/mol. The molecule has 0 fully saturated rings. The molecule has 2 heterocycles. The normalized spacial score (nSPS) is 10.7. The Labute approximate surface area is 110 Å². The molecule has 0 unspecified atom stereocenters. The standard InChI is InChI=1S/C13H16N2O2S/c1-7-6-18-11(15-7)5-14-13(16)12-8(2)9(3)17-10(12)4/h6H,5H2,1-4H3,(H,14,16). The van der Waals surface area contributed by atoms with E-state index in [1.807, 2.05) is 33.1 Å². The number of aromatic nitrogens is 1. The Kier molecular flexibility index (Phi) is 3.52. The van der Waals surface area contributed by atoms with E-state index in [-0.39, 0.29) is 5.91 Å². The van der Waals surface area contributed by atoms with Crippen molar-refractivity contribution in [1.82, 2.24) is 10.3 Å². The van der Waals surface area contributed by atoms with E-state index in [4.69, 9.17) is 4.42 Å². The second-order valence-corrected chi connectivity index (χ2v) is 5.22. The molecule has 0 aliphatic carbocycles. The maximum absolute atomic E-state index is 12.1. The largest absolute Gasteiger partial charge is 0.466 e. The van der Waals surface area contributed by atoms with Gasteiger partial charge in [-0.3, -0.25) is 4.79 Å². The zero-order valence-corrected chi connectivity index (χ0v) is 11.8. The van der Waals surface area contributed by atoms with Crippen LogP contribution in [0, 0.1) is 27.7 Å². The molecular formula is C13H16N2O2S. The van der Waals surface area contributed by atoms with Crippen LogP contribution in [0.3, 0.4) is 0 Å². The van der Waals surface area contributed by atoms with E-state index >= 15 is 0 Å². The summed E-state index contributed by atoms with van der Waals surface area (Å²) in [5.74, 6) is 1.36. The third kappa shape index (κ3) is 2.46. The van der Waals surface area contributed by atoms with Gasteiger partial charge in [0.25, 0.3) is 5.91 Å². The lowest BCUT2D eigenvalue weighted by Crippen LogP contribution is -2.23. The molecule has 0 radical (unpaired) electrons. The van der Waals surface area contributed by atoms with Crippen LogP contribution in [0.2, 0.25) is 0 Å². The van der Waals surface area contributed by atoms with E-state index in [1.54, 1.807) is 11.3 Å². The van der Waals surface area contributed by atoms with Crippen molar-refractivity contribution in [2.24, 2.45) is 0 Å². The van der Waals surface area contributed by atoms with Crippen LogP contribution in [0.25, 0.3) is 0 Å². The first kappa shape index (κ1) is 12.8. The van der Waals surface area contributed by atoms with Crippen LogP contribution < -0.4 is 5.32 Å². The van der Waals surface area contributed by atoms with Crippen LogP contribution in [0.4, 0.5) is 0 Å². The second-order valence-electron chi connectivity index (χ2n) is 4.28. The summed E-state index contributed by atoms with van der Waals surface area (Å²) in [5, 5.41) is 5.76. The zero-order valence-electron chi connectivity index (χ0n) is 11.0. The molecule has 2 rings (SSSR count). The average molecular weight is 264 g/mol. The van der Waals surface area contributed by atoms with E-state index in [9.17, 15) is 4.79 Å². The summed E-state index contributed by atoms with van der Waals surface area (Å²) in [6, 6.07) is 0. The molecule has 0 spiro atoms. The molecule has 96 valence electrons. The van der Waals surface area contributed by atoms with E-state index in [0.717, 1.165) is 22.0 Å². The summed E-state index contributed by atoms with van der Waals surface area (Å²) < 4.78 is 5.45. The number of rotatable bonds is 3. The Bertz CT molecular complexity index is 584. The van der Waals surface area contributed by atoms with Crippen molar-refractivity contribution >= 4 is 17.2 Å². The number of furan rings is 1. The first-order valence-electron chi connectivity index (χ1n) is 5.75. The highest BCUT2D eigenvalue weighted by Gasteiger charge is 2.18. The SMILES string of the molecule is Cc1csc(CNC(=O)c2c(C)oc(C)c2C)n1. The summed E-state index contributed by atoms with van der Waals surface area (Å²) in [6.07, 6.45) is 0. The van der Waals surface area contributed by atoms with Crippen molar-refractivity contribution in [3.05, 3.63) is 38.7 Å². The highest BCUT2D eigenvalue weighted by Crippen LogP contribution is 2.20. The number of hydrogen-bond donors (Lipinski definition) is 1. The Morgan fingerprint density at radius 2 is 2.06 bits per heavy atom. The maximum Gasteiger partial charge on any atom is 0.255 e. The number of amides is 1. The zero-order chi connectivity index (χ0) is 13.3. The number of aryl methyl sites for hydroxylation is 3. The molecule has 18 heavy (non-hydrogen) atoms. The molecular weight excluding hydrogens is 248 g/mol. The van der Waals surface area contributed by atoms with E-state index in [0.29, 0.717) is 17.9 Å². The number of nitrogens with one attached hydrogen (secondary N) is 1. The Morgan fingerprint density at radius 3 is 2.56 bits per heavy atom. The van der Waals surface area contributed by atoms with Crippen molar-refractivity contribution in [1.29, 1.82) is 0 Å². The minimum absolute atomic E-state index is 0.102. The van der Waals surface area contributed by atoms with Crippen molar-refractivity contribution in [3.63, 3.8) is 0 Å². The van der Waals surface area contributed by atoms with Gasteiger partial charge in [0.2, 0.25) is 0 Å². The van der Waals surface area contributed by atoms with Gasteiger partial charge < -0.3 is 9.73 Å². The Hall–Kier alpha value is -1.62. The van der Waals surface area contributed by atoms with Gasteiger partial charge in [-0.05, 0) is 27.7 Å². The number of carbonyl (C=O) groups excluding carboxylic acids is 1. The van der Waals surface area contributed by atoms with Gasteiger partial charge in [-0.2, -0.15) is 0 Å². The fraction of sp³-hybridized carbons (Fsp3) is 0.385. The lowest BCUT2D eigenvalue weighted by Gasteiger charge is -2.03. The van der Waals surface area contributed by atoms with Crippen LogP contribution in [0.15, 0.2) is 9.80 Å². The molecule has 0 saturated carbocycles. The van der Waals surface area contributed by atoms with Gasteiger partial charge in [0.15, 0.2) is 0 Å². The molecule has 0 atom stereocenters. The van der Waals surface area contributed by atoms with Gasteiger partial charge in [-0.25, -0.2) is 4.98 Å². The topological polar surface area (TPSA) is 55.1 Å². The second kappa shape index (κ2) is 4.94. The average Bonchev–Trinajstić information content (AvgIpc) is 2.82. The van der Waals surface area contributed by atoms with E-state index in [1.165, 1.54) is 0 Å². The summed E-state index contributed by atoms with van der Waals surface area (Å²) in [5.41, 5.74) is 2.52. The maximum atomic E-state index is 12.1.